The molecule has 1 heterocycles. The molecule has 27 heavy (non-hydrogen) atoms. The van der Waals surface area contributed by atoms with Gasteiger partial charge in [0.2, 0.25) is 0 Å². The van der Waals surface area contributed by atoms with Gasteiger partial charge in [-0.3, -0.25) is 5.43 Å². The molecule has 3 nitrogen and oxygen atoms in total. The third kappa shape index (κ3) is 3.82. The molecule has 3 aromatic carbocycles. The lowest BCUT2D eigenvalue weighted by Gasteiger charge is -2.07. The van der Waals surface area contributed by atoms with Crippen LogP contribution in [0, 0.1) is 11.6 Å². The molecule has 132 valence electrons. The summed E-state index contributed by atoms with van der Waals surface area (Å²) in [5.41, 5.74) is 6.82. The van der Waals surface area contributed by atoms with Crippen LogP contribution in [-0.4, -0.2) is 11.2 Å². The Kier molecular flexibility index (Phi) is 4.58. The molecule has 1 aromatic heterocycles. The van der Waals surface area contributed by atoms with Crippen molar-refractivity contribution in [2.45, 2.75) is 0 Å². The largest absolute Gasteiger partial charge is 0.279 e. The minimum atomic E-state index is -0.298. The molecule has 0 atom stereocenters. The van der Waals surface area contributed by atoms with Gasteiger partial charge in [-0.25, -0.2) is 13.8 Å². The molecule has 0 bridgehead atoms. The van der Waals surface area contributed by atoms with Crippen LogP contribution in [0.3, 0.4) is 0 Å². The Morgan fingerprint density at radius 2 is 1.48 bits per heavy atom. The maximum Gasteiger partial charge on any atom is 0.123 e. The Morgan fingerprint density at radius 3 is 2.22 bits per heavy atom. The molecule has 0 aliphatic heterocycles. The summed E-state index contributed by atoms with van der Waals surface area (Å²) < 4.78 is 26.2. The SMILES string of the molecule is Fc1ccc(NN=Cc2cc(-c3ccc(F)cc3)nc3ccccc23)cc1. The first-order chi connectivity index (χ1) is 13.2. The summed E-state index contributed by atoms with van der Waals surface area (Å²) in [6.45, 7) is 0. The lowest BCUT2D eigenvalue weighted by molar-refractivity contribution is 0.627. The molecule has 4 aromatic rings. The summed E-state index contributed by atoms with van der Waals surface area (Å²) in [4.78, 5) is 4.67. The van der Waals surface area contributed by atoms with Gasteiger partial charge < -0.3 is 0 Å². The number of nitrogens with one attached hydrogen (secondary N) is 1. The van der Waals surface area contributed by atoms with E-state index in [1.807, 2.05) is 30.3 Å². The van der Waals surface area contributed by atoms with E-state index in [0.717, 1.165) is 27.7 Å². The topological polar surface area (TPSA) is 37.3 Å². The van der Waals surface area contributed by atoms with Crippen LogP contribution in [0.15, 0.2) is 84.0 Å². The summed E-state index contributed by atoms with van der Waals surface area (Å²) in [7, 11) is 0. The molecule has 0 aliphatic carbocycles. The van der Waals surface area contributed by atoms with Crippen LogP contribution >= 0.6 is 0 Å². The van der Waals surface area contributed by atoms with E-state index < -0.39 is 0 Å². The summed E-state index contributed by atoms with van der Waals surface area (Å²) >= 11 is 0. The molecule has 5 heteroatoms. The van der Waals surface area contributed by atoms with E-state index >= 15 is 0 Å². The van der Waals surface area contributed by atoms with E-state index in [4.69, 9.17) is 0 Å². The predicted molar refractivity (Wildman–Crippen MR) is 105 cm³/mol. The fourth-order valence-electron chi connectivity index (χ4n) is 2.78. The van der Waals surface area contributed by atoms with Gasteiger partial charge in [0.05, 0.1) is 23.1 Å². The molecule has 0 fully saturated rings. The van der Waals surface area contributed by atoms with E-state index in [2.05, 4.69) is 15.5 Å². The molecule has 0 amide bonds. The van der Waals surface area contributed by atoms with Gasteiger partial charge in [0.15, 0.2) is 0 Å². The maximum absolute atomic E-state index is 13.2. The van der Waals surface area contributed by atoms with E-state index in [0.29, 0.717) is 5.69 Å². The molecule has 0 saturated heterocycles. The summed E-state index contributed by atoms with van der Waals surface area (Å²) in [5.74, 6) is -0.585. The van der Waals surface area contributed by atoms with Gasteiger partial charge in [-0.15, -0.1) is 0 Å². The van der Waals surface area contributed by atoms with Crippen molar-refractivity contribution < 1.29 is 8.78 Å². The number of fused-ring (bicyclic) bond motifs is 1. The zero-order chi connectivity index (χ0) is 18.6. The van der Waals surface area contributed by atoms with Gasteiger partial charge in [0.1, 0.15) is 11.6 Å². The van der Waals surface area contributed by atoms with Crippen molar-refractivity contribution in [3.63, 3.8) is 0 Å². The number of hydrazone groups is 1. The van der Waals surface area contributed by atoms with Gasteiger partial charge >= 0.3 is 0 Å². The molecule has 0 spiro atoms. The van der Waals surface area contributed by atoms with Crippen molar-refractivity contribution in [3.8, 4) is 11.3 Å². The first-order valence-corrected chi connectivity index (χ1v) is 8.39. The van der Waals surface area contributed by atoms with Gasteiger partial charge in [-0.1, -0.05) is 18.2 Å². The van der Waals surface area contributed by atoms with Gasteiger partial charge in [0.25, 0.3) is 0 Å². The standard InChI is InChI=1S/C22H15F2N3/c23-17-7-5-15(6-8-17)22-13-16(20-3-1-2-4-21(20)26-22)14-25-27-19-11-9-18(24)10-12-19/h1-14,27H. The highest BCUT2D eigenvalue weighted by atomic mass is 19.1. The number of halogens is 2. The molecular weight excluding hydrogens is 344 g/mol. The molecule has 0 radical (unpaired) electrons. The normalized spacial score (nSPS) is 11.2. The van der Waals surface area contributed by atoms with Crippen molar-refractivity contribution >= 4 is 22.8 Å². The van der Waals surface area contributed by atoms with E-state index in [1.54, 1.807) is 30.5 Å². The van der Waals surface area contributed by atoms with E-state index in [1.165, 1.54) is 24.3 Å². The second-order valence-corrected chi connectivity index (χ2v) is 6.00. The number of rotatable bonds is 4. The summed E-state index contributed by atoms with van der Waals surface area (Å²) in [6.07, 6.45) is 1.69. The van der Waals surface area contributed by atoms with Crippen LogP contribution in [0.1, 0.15) is 5.56 Å². The van der Waals surface area contributed by atoms with Crippen molar-refractivity contribution in [3.05, 3.63) is 96.1 Å². The number of para-hydroxylation sites is 1. The second kappa shape index (κ2) is 7.33. The van der Waals surface area contributed by atoms with E-state index in [-0.39, 0.29) is 11.6 Å². The molecule has 0 unspecified atom stereocenters. The Hall–Kier alpha value is -3.60. The third-order valence-electron chi connectivity index (χ3n) is 4.13. The zero-order valence-electron chi connectivity index (χ0n) is 14.2. The van der Waals surface area contributed by atoms with Gasteiger partial charge in [-0.2, -0.15) is 5.10 Å². The Balaban J connectivity index is 1.70. The number of benzene rings is 3. The first-order valence-electron chi connectivity index (χ1n) is 8.39. The molecule has 0 saturated carbocycles. The van der Waals surface area contributed by atoms with Gasteiger partial charge in [-0.05, 0) is 60.7 Å². The average molecular weight is 359 g/mol. The molecule has 0 aliphatic rings. The fraction of sp³-hybridized carbons (Fsp3) is 0. The lowest BCUT2D eigenvalue weighted by atomic mass is 10.0. The number of aromatic nitrogens is 1. The maximum atomic E-state index is 13.2. The third-order valence-corrected chi connectivity index (χ3v) is 4.13. The minimum absolute atomic E-state index is 0.287. The molecule has 4 rings (SSSR count). The lowest BCUT2D eigenvalue weighted by Crippen LogP contribution is -1.95. The first kappa shape index (κ1) is 16.8. The Labute approximate surface area is 155 Å². The Morgan fingerprint density at radius 1 is 0.815 bits per heavy atom. The van der Waals surface area contributed by atoms with Crippen molar-refractivity contribution in [2.24, 2.45) is 5.10 Å². The number of pyridine rings is 1. The number of nitrogens with zero attached hydrogens (tertiary/aromatic N) is 2. The highest BCUT2D eigenvalue weighted by Crippen LogP contribution is 2.24. The summed E-state index contributed by atoms with van der Waals surface area (Å²) in [6, 6.07) is 21.8. The van der Waals surface area contributed by atoms with Crippen LogP contribution in [0.2, 0.25) is 0 Å². The van der Waals surface area contributed by atoms with Crippen LogP contribution in [0.25, 0.3) is 22.2 Å². The highest BCUT2D eigenvalue weighted by molar-refractivity contribution is 6.00. The second-order valence-electron chi connectivity index (χ2n) is 6.00. The number of hydrogen-bond acceptors (Lipinski definition) is 3. The monoisotopic (exact) mass is 359 g/mol. The van der Waals surface area contributed by atoms with Crippen molar-refractivity contribution in [2.75, 3.05) is 5.43 Å². The van der Waals surface area contributed by atoms with Gasteiger partial charge in [0, 0.05) is 16.5 Å². The number of anilines is 1. The average Bonchev–Trinajstić information content (AvgIpc) is 2.70. The molecular formula is C22H15F2N3. The van der Waals surface area contributed by atoms with Crippen molar-refractivity contribution in [1.82, 2.24) is 4.98 Å². The van der Waals surface area contributed by atoms with E-state index in [9.17, 15) is 8.78 Å². The fourth-order valence-corrected chi connectivity index (χ4v) is 2.78. The quantitative estimate of drug-likeness (QED) is 0.379. The van der Waals surface area contributed by atoms with Crippen LogP contribution in [0.4, 0.5) is 14.5 Å². The van der Waals surface area contributed by atoms with Crippen LogP contribution in [-0.2, 0) is 0 Å². The van der Waals surface area contributed by atoms with Crippen molar-refractivity contribution in [1.29, 1.82) is 0 Å². The van der Waals surface area contributed by atoms with Crippen LogP contribution in [0.5, 0.6) is 0 Å². The zero-order valence-corrected chi connectivity index (χ0v) is 14.2. The minimum Gasteiger partial charge on any atom is -0.279 e. The van der Waals surface area contributed by atoms with Crippen LogP contribution < -0.4 is 5.43 Å². The number of hydrogen-bond donors (Lipinski definition) is 1. The smallest absolute Gasteiger partial charge is 0.123 e. The molecule has 1 N–H and O–H groups in total. The predicted octanol–water partition coefficient (Wildman–Crippen LogP) is 5.63. The highest BCUT2D eigenvalue weighted by Gasteiger charge is 2.06. The Bertz CT molecular complexity index is 1100. The summed E-state index contributed by atoms with van der Waals surface area (Å²) in [5, 5.41) is 5.21.